The summed E-state index contributed by atoms with van der Waals surface area (Å²) in [4.78, 5) is 0. The van der Waals surface area contributed by atoms with E-state index >= 15 is 0 Å². The molecule has 64 valence electrons. The molecular formula is C6H12N2S3. The van der Waals surface area contributed by atoms with Gasteiger partial charge in [0.2, 0.25) is 0 Å². The highest BCUT2D eigenvalue weighted by atomic mass is 32.2. The molecular weight excluding hydrogens is 196 g/mol. The van der Waals surface area contributed by atoms with Crippen molar-refractivity contribution in [3.63, 3.8) is 0 Å². The van der Waals surface area contributed by atoms with Crippen molar-refractivity contribution < 1.29 is 0 Å². The van der Waals surface area contributed by atoms with Crippen LogP contribution >= 0.6 is 35.3 Å². The van der Waals surface area contributed by atoms with Crippen molar-refractivity contribution >= 4 is 35.3 Å². The summed E-state index contributed by atoms with van der Waals surface area (Å²) in [6.07, 6.45) is 0. The van der Waals surface area contributed by atoms with Crippen LogP contribution in [-0.2, 0) is 0 Å². The van der Waals surface area contributed by atoms with E-state index in [1.165, 1.54) is 24.6 Å². The molecule has 2 saturated heterocycles. The van der Waals surface area contributed by atoms with E-state index in [-0.39, 0.29) is 0 Å². The first kappa shape index (κ1) is 8.56. The SMILES string of the molecule is C1CSC(SC2NCCS2)N1. The van der Waals surface area contributed by atoms with Crippen LogP contribution in [0.2, 0.25) is 0 Å². The molecule has 2 nitrogen and oxygen atoms in total. The third-order valence-electron chi connectivity index (χ3n) is 1.61. The third-order valence-corrected chi connectivity index (χ3v) is 5.74. The average molecular weight is 208 g/mol. The predicted octanol–water partition coefficient (Wildman–Crippen LogP) is 0.960. The smallest absolute Gasteiger partial charge is 0.103 e. The van der Waals surface area contributed by atoms with Gasteiger partial charge in [0, 0.05) is 24.6 Å². The Morgan fingerprint density at radius 1 is 1.00 bits per heavy atom. The molecule has 0 aromatic carbocycles. The van der Waals surface area contributed by atoms with Crippen molar-refractivity contribution in [1.29, 1.82) is 0 Å². The molecule has 2 aliphatic rings. The number of thioether (sulfide) groups is 3. The molecule has 0 aromatic heterocycles. The van der Waals surface area contributed by atoms with Crippen LogP contribution in [0.25, 0.3) is 0 Å². The maximum absolute atomic E-state index is 3.46. The Morgan fingerprint density at radius 3 is 1.91 bits per heavy atom. The van der Waals surface area contributed by atoms with Gasteiger partial charge in [-0.05, 0) is 0 Å². The molecule has 2 rings (SSSR count). The van der Waals surface area contributed by atoms with E-state index in [0.29, 0.717) is 9.41 Å². The minimum absolute atomic E-state index is 0.637. The summed E-state index contributed by atoms with van der Waals surface area (Å²) in [5.41, 5.74) is 0. The largest absolute Gasteiger partial charge is 0.296 e. The lowest BCUT2D eigenvalue weighted by Gasteiger charge is -2.13. The van der Waals surface area contributed by atoms with Crippen LogP contribution in [0.1, 0.15) is 0 Å². The van der Waals surface area contributed by atoms with Crippen LogP contribution in [0.5, 0.6) is 0 Å². The van der Waals surface area contributed by atoms with Crippen molar-refractivity contribution in [2.75, 3.05) is 24.6 Å². The van der Waals surface area contributed by atoms with Gasteiger partial charge in [-0.1, -0.05) is 0 Å². The predicted molar refractivity (Wildman–Crippen MR) is 56.1 cm³/mol. The van der Waals surface area contributed by atoms with Gasteiger partial charge in [-0.25, -0.2) is 0 Å². The summed E-state index contributed by atoms with van der Waals surface area (Å²) in [6.45, 7) is 2.36. The van der Waals surface area contributed by atoms with Crippen molar-refractivity contribution in [2.24, 2.45) is 0 Å². The third kappa shape index (κ3) is 2.45. The van der Waals surface area contributed by atoms with E-state index in [2.05, 4.69) is 10.6 Å². The van der Waals surface area contributed by atoms with Gasteiger partial charge in [-0.15, -0.1) is 35.3 Å². The van der Waals surface area contributed by atoms with Crippen LogP contribution in [0, 0.1) is 0 Å². The summed E-state index contributed by atoms with van der Waals surface area (Å²) in [6, 6.07) is 0. The zero-order valence-corrected chi connectivity index (χ0v) is 8.66. The Hall–Kier alpha value is 0.970. The summed E-state index contributed by atoms with van der Waals surface area (Å²) in [5, 5.41) is 6.91. The molecule has 0 bridgehead atoms. The molecule has 2 aliphatic heterocycles. The van der Waals surface area contributed by atoms with Gasteiger partial charge in [0.25, 0.3) is 0 Å². The Labute approximate surface area is 80.0 Å². The van der Waals surface area contributed by atoms with Gasteiger partial charge < -0.3 is 0 Å². The van der Waals surface area contributed by atoms with Crippen molar-refractivity contribution in [3.05, 3.63) is 0 Å². The van der Waals surface area contributed by atoms with Crippen LogP contribution < -0.4 is 10.6 Å². The number of hydrogen-bond acceptors (Lipinski definition) is 5. The molecule has 2 unspecified atom stereocenters. The molecule has 0 aromatic rings. The van der Waals surface area contributed by atoms with Crippen LogP contribution in [0.3, 0.4) is 0 Å². The number of rotatable bonds is 2. The second-order valence-electron chi connectivity index (χ2n) is 2.45. The minimum Gasteiger partial charge on any atom is -0.296 e. The van der Waals surface area contributed by atoms with Crippen molar-refractivity contribution in [3.8, 4) is 0 Å². The molecule has 2 N–H and O–H groups in total. The molecule has 2 fully saturated rings. The lowest BCUT2D eigenvalue weighted by Crippen LogP contribution is -2.23. The van der Waals surface area contributed by atoms with Gasteiger partial charge in [-0.2, -0.15) is 0 Å². The Kier molecular flexibility index (Phi) is 3.33. The lowest BCUT2D eigenvalue weighted by atomic mass is 10.8. The molecule has 0 aliphatic carbocycles. The maximum Gasteiger partial charge on any atom is 0.103 e. The molecule has 0 amide bonds. The zero-order chi connectivity index (χ0) is 7.52. The second kappa shape index (κ2) is 4.28. The Bertz CT molecular complexity index is 107. The highest BCUT2D eigenvalue weighted by molar-refractivity contribution is 8.24. The van der Waals surface area contributed by atoms with E-state index in [1.807, 2.05) is 35.3 Å². The molecule has 2 heterocycles. The molecule has 2 atom stereocenters. The standard InChI is InChI=1S/C6H12N2S3/c1-3-9-5(7-1)11-6-8-2-4-10-6/h5-8H,1-4H2. The van der Waals surface area contributed by atoms with E-state index in [0.717, 1.165) is 0 Å². The summed E-state index contributed by atoms with van der Waals surface area (Å²) < 4.78 is 1.27. The van der Waals surface area contributed by atoms with Gasteiger partial charge in [0.1, 0.15) is 9.41 Å². The number of nitrogens with one attached hydrogen (secondary N) is 2. The fraction of sp³-hybridized carbons (Fsp3) is 1.00. The monoisotopic (exact) mass is 208 g/mol. The van der Waals surface area contributed by atoms with E-state index < -0.39 is 0 Å². The second-order valence-corrected chi connectivity index (χ2v) is 6.69. The fourth-order valence-electron chi connectivity index (χ4n) is 1.09. The highest BCUT2D eigenvalue weighted by Crippen LogP contribution is 2.34. The van der Waals surface area contributed by atoms with Gasteiger partial charge >= 0.3 is 0 Å². The summed E-state index contributed by atoms with van der Waals surface area (Å²) in [7, 11) is 0. The Balaban J connectivity index is 1.71. The topological polar surface area (TPSA) is 24.1 Å². The molecule has 0 radical (unpaired) electrons. The van der Waals surface area contributed by atoms with Crippen molar-refractivity contribution in [1.82, 2.24) is 10.6 Å². The molecule has 11 heavy (non-hydrogen) atoms. The minimum atomic E-state index is 0.637. The van der Waals surface area contributed by atoms with E-state index in [1.54, 1.807) is 0 Å². The number of hydrogen-bond donors (Lipinski definition) is 2. The van der Waals surface area contributed by atoms with Crippen molar-refractivity contribution in [2.45, 2.75) is 9.41 Å². The Morgan fingerprint density at radius 2 is 1.55 bits per heavy atom. The first-order valence-electron chi connectivity index (χ1n) is 3.80. The van der Waals surface area contributed by atoms with Gasteiger partial charge in [-0.3, -0.25) is 10.6 Å². The molecule has 5 heteroatoms. The van der Waals surface area contributed by atoms with Gasteiger partial charge in [0.15, 0.2) is 0 Å². The lowest BCUT2D eigenvalue weighted by molar-refractivity contribution is 0.829. The van der Waals surface area contributed by atoms with E-state index in [4.69, 9.17) is 0 Å². The zero-order valence-electron chi connectivity index (χ0n) is 6.21. The molecule has 0 spiro atoms. The first-order valence-corrected chi connectivity index (χ1v) is 6.84. The average Bonchev–Trinajstić information content (AvgIpc) is 2.60. The van der Waals surface area contributed by atoms with E-state index in [9.17, 15) is 0 Å². The highest BCUT2D eigenvalue weighted by Gasteiger charge is 2.22. The van der Waals surface area contributed by atoms with Crippen LogP contribution in [-0.4, -0.2) is 34.0 Å². The molecule has 0 saturated carbocycles. The maximum atomic E-state index is 3.46. The fourth-order valence-corrected chi connectivity index (χ4v) is 5.20. The van der Waals surface area contributed by atoms with Gasteiger partial charge in [0.05, 0.1) is 0 Å². The van der Waals surface area contributed by atoms with Crippen LogP contribution in [0.15, 0.2) is 0 Å². The normalized spacial score (nSPS) is 38.2. The quantitative estimate of drug-likeness (QED) is 0.704. The summed E-state index contributed by atoms with van der Waals surface area (Å²) in [5.74, 6) is 2.55. The summed E-state index contributed by atoms with van der Waals surface area (Å²) >= 11 is 6.07. The first-order chi connectivity index (χ1) is 5.45. The van der Waals surface area contributed by atoms with Crippen LogP contribution in [0.4, 0.5) is 0 Å².